The Hall–Kier alpha value is -6.44. The van der Waals surface area contributed by atoms with Gasteiger partial charge in [0.25, 0.3) is 0 Å². The first kappa shape index (κ1) is 29.3. The van der Waals surface area contributed by atoms with Crippen molar-refractivity contribution in [3.63, 3.8) is 0 Å². The van der Waals surface area contributed by atoms with E-state index in [1.54, 1.807) is 0 Å². The Labute approximate surface area is 302 Å². The molecule has 0 N–H and O–H groups in total. The van der Waals surface area contributed by atoms with Crippen LogP contribution in [-0.2, 0) is 5.41 Å². The van der Waals surface area contributed by atoms with Gasteiger partial charge in [-0.15, -0.1) is 0 Å². The predicted molar refractivity (Wildman–Crippen MR) is 220 cm³/mol. The number of furan rings is 1. The highest BCUT2D eigenvalue weighted by atomic mass is 16.3. The van der Waals surface area contributed by atoms with Gasteiger partial charge in [-0.1, -0.05) is 159 Å². The summed E-state index contributed by atoms with van der Waals surface area (Å²) in [6.45, 7) is 4.64. The first-order valence-corrected chi connectivity index (χ1v) is 18.2. The van der Waals surface area contributed by atoms with Crippen LogP contribution < -0.4 is 0 Å². The molecule has 0 aliphatic heterocycles. The molecule has 0 saturated heterocycles. The van der Waals surface area contributed by atoms with Crippen LogP contribution in [0.15, 0.2) is 174 Å². The van der Waals surface area contributed by atoms with Gasteiger partial charge in [0.2, 0.25) is 0 Å². The van der Waals surface area contributed by atoms with Gasteiger partial charge < -0.3 is 4.42 Å². The van der Waals surface area contributed by atoms with E-state index in [1.807, 2.05) is 0 Å². The van der Waals surface area contributed by atoms with E-state index in [2.05, 4.69) is 184 Å². The molecule has 9 aromatic carbocycles. The number of fused-ring (bicyclic) bond motifs is 10. The Bertz CT molecular complexity index is 3040. The first-order valence-electron chi connectivity index (χ1n) is 18.2. The minimum absolute atomic E-state index is 0.0628. The van der Waals surface area contributed by atoms with Gasteiger partial charge in [0.15, 0.2) is 0 Å². The summed E-state index contributed by atoms with van der Waals surface area (Å²) in [5.74, 6) is 0. The molecule has 0 amide bonds. The van der Waals surface area contributed by atoms with Gasteiger partial charge in [-0.05, 0) is 107 Å². The average molecular weight is 663 g/mol. The monoisotopic (exact) mass is 662 g/mol. The van der Waals surface area contributed by atoms with E-state index in [4.69, 9.17) is 4.42 Å². The van der Waals surface area contributed by atoms with Crippen LogP contribution in [0.5, 0.6) is 0 Å². The van der Waals surface area contributed by atoms with Crippen molar-refractivity contribution in [1.29, 1.82) is 0 Å². The van der Waals surface area contributed by atoms with E-state index in [-0.39, 0.29) is 5.41 Å². The summed E-state index contributed by atoms with van der Waals surface area (Å²) in [5, 5.41) is 9.87. The van der Waals surface area contributed by atoms with E-state index in [1.165, 1.54) is 87.8 Å². The molecule has 1 aliphatic rings. The van der Waals surface area contributed by atoms with Gasteiger partial charge >= 0.3 is 0 Å². The lowest BCUT2D eigenvalue weighted by atomic mass is 9.82. The summed E-state index contributed by atoms with van der Waals surface area (Å²) < 4.78 is 6.82. The van der Waals surface area contributed by atoms with Crippen LogP contribution in [0.3, 0.4) is 0 Å². The van der Waals surface area contributed by atoms with Crippen LogP contribution >= 0.6 is 0 Å². The van der Waals surface area contributed by atoms with Crippen molar-refractivity contribution in [3.8, 4) is 44.5 Å². The minimum atomic E-state index is -0.0628. The summed E-state index contributed by atoms with van der Waals surface area (Å²) in [6.07, 6.45) is 0. The molecule has 0 bridgehead atoms. The topological polar surface area (TPSA) is 13.1 Å². The molecule has 1 aromatic heterocycles. The standard InChI is InChI=1S/C51H34O/c1-51(2)44-21-10-9-20-43(44)49-45(51)27-26-42-37-25-24-34(30-46(37)52-50(42)49)33-14-11-15-35(29-33)47-38-16-5-7-18-40(38)48(41-19-8-6-17-39(41)47)36-23-22-31-12-3-4-13-32(31)28-36/h3-30H,1-2H3. The average Bonchev–Trinajstić information content (AvgIpc) is 3.68. The quantitative estimate of drug-likeness (QED) is 0.172. The van der Waals surface area contributed by atoms with Crippen LogP contribution in [0, 0.1) is 0 Å². The van der Waals surface area contributed by atoms with Crippen LogP contribution in [0.4, 0.5) is 0 Å². The summed E-state index contributed by atoms with van der Waals surface area (Å²) in [5.41, 5.74) is 14.4. The SMILES string of the molecule is CC1(C)c2ccccc2-c2c1ccc1c2oc2cc(-c3cccc(-c4c5ccccc5c(-c5ccc6ccccc6c5)c5ccccc45)c3)ccc21. The van der Waals surface area contributed by atoms with Gasteiger partial charge in [-0.2, -0.15) is 0 Å². The highest BCUT2D eigenvalue weighted by Crippen LogP contribution is 2.52. The van der Waals surface area contributed by atoms with Crippen molar-refractivity contribution in [2.45, 2.75) is 19.3 Å². The molecule has 11 rings (SSSR count). The Morgan fingerprint density at radius 1 is 0.365 bits per heavy atom. The fraction of sp³-hybridized carbons (Fsp3) is 0.0588. The van der Waals surface area contributed by atoms with Crippen molar-refractivity contribution < 1.29 is 4.42 Å². The number of rotatable bonds is 3. The Balaban J connectivity index is 1.09. The van der Waals surface area contributed by atoms with E-state index >= 15 is 0 Å². The fourth-order valence-corrected chi connectivity index (χ4v) is 9.15. The Kier molecular flexibility index (Phi) is 6.08. The molecule has 0 saturated carbocycles. The van der Waals surface area contributed by atoms with Crippen molar-refractivity contribution in [2.75, 3.05) is 0 Å². The van der Waals surface area contributed by atoms with Crippen molar-refractivity contribution in [1.82, 2.24) is 0 Å². The molecule has 0 unspecified atom stereocenters. The molecule has 1 heteroatoms. The summed E-state index contributed by atoms with van der Waals surface area (Å²) in [7, 11) is 0. The van der Waals surface area contributed by atoms with Crippen LogP contribution in [0.2, 0.25) is 0 Å². The molecule has 1 nitrogen and oxygen atoms in total. The zero-order valence-electron chi connectivity index (χ0n) is 29.1. The molecular formula is C51H34O. The first-order chi connectivity index (χ1) is 25.5. The van der Waals surface area contributed by atoms with Gasteiger partial charge in [0.1, 0.15) is 11.2 Å². The molecule has 1 heterocycles. The molecule has 0 atom stereocenters. The lowest BCUT2D eigenvalue weighted by molar-refractivity contribution is 0.653. The number of hydrogen-bond donors (Lipinski definition) is 0. The number of hydrogen-bond acceptors (Lipinski definition) is 1. The molecular weight excluding hydrogens is 629 g/mol. The zero-order valence-corrected chi connectivity index (χ0v) is 29.1. The van der Waals surface area contributed by atoms with Crippen molar-refractivity contribution in [3.05, 3.63) is 181 Å². The highest BCUT2D eigenvalue weighted by Gasteiger charge is 2.37. The second-order valence-electron chi connectivity index (χ2n) is 14.8. The molecule has 0 radical (unpaired) electrons. The van der Waals surface area contributed by atoms with Crippen LogP contribution in [0.1, 0.15) is 25.0 Å². The molecule has 244 valence electrons. The van der Waals surface area contributed by atoms with Gasteiger partial charge in [0, 0.05) is 21.8 Å². The molecule has 52 heavy (non-hydrogen) atoms. The van der Waals surface area contributed by atoms with Gasteiger partial charge in [-0.3, -0.25) is 0 Å². The lowest BCUT2D eigenvalue weighted by Gasteiger charge is -2.21. The smallest absolute Gasteiger partial charge is 0.143 e. The van der Waals surface area contributed by atoms with E-state index in [0.29, 0.717) is 0 Å². The van der Waals surface area contributed by atoms with E-state index < -0.39 is 0 Å². The maximum absolute atomic E-state index is 6.82. The van der Waals surface area contributed by atoms with Crippen molar-refractivity contribution >= 4 is 54.3 Å². The largest absolute Gasteiger partial charge is 0.455 e. The Morgan fingerprint density at radius 2 is 0.942 bits per heavy atom. The maximum atomic E-state index is 6.82. The maximum Gasteiger partial charge on any atom is 0.143 e. The molecule has 10 aromatic rings. The zero-order chi connectivity index (χ0) is 34.6. The predicted octanol–water partition coefficient (Wildman–Crippen LogP) is 14.4. The molecule has 0 fully saturated rings. The van der Waals surface area contributed by atoms with E-state index in [0.717, 1.165) is 22.1 Å². The van der Waals surface area contributed by atoms with Crippen LogP contribution in [-0.4, -0.2) is 0 Å². The summed E-state index contributed by atoms with van der Waals surface area (Å²) in [6, 6.07) is 62.4. The molecule has 1 aliphatic carbocycles. The normalized spacial score (nSPS) is 13.3. The van der Waals surface area contributed by atoms with Crippen molar-refractivity contribution in [2.24, 2.45) is 0 Å². The summed E-state index contributed by atoms with van der Waals surface area (Å²) >= 11 is 0. The Morgan fingerprint density at radius 3 is 1.69 bits per heavy atom. The van der Waals surface area contributed by atoms with Gasteiger partial charge in [0.05, 0.1) is 0 Å². The number of benzene rings is 9. The highest BCUT2D eigenvalue weighted by molar-refractivity contribution is 6.22. The lowest BCUT2D eigenvalue weighted by Crippen LogP contribution is -2.14. The third kappa shape index (κ3) is 4.11. The minimum Gasteiger partial charge on any atom is -0.455 e. The third-order valence-corrected chi connectivity index (χ3v) is 11.6. The fourth-order valence-electron chi connectivity index (χ4n) is 9.15. The molecule has 0 spiro atoms. The van der Waals surface area contributed by atoms with Crippen LogP contribution in [0.25, 0.3) is 98.8 Å². The summed E-state index contributed by atoms with van der Waals surface area (Å²) in [4.78, 5) is 0. The van der Waals surface area contributed by atoms with Gasteiger partial charge in [-0.25, -0.2) is 0 Å². The second-order valence-corrected chi connectivity index (χ2v) is 14.8. The van der Waals surface area contributed by atoms with E-state index in [9.17, 15) is 0 Å². The second kappa shape index (κ2) is 10.8. The third-order valence-electron chi connectivity index (χ3n) is 11.6.